The summed E-state index contributed by atoms with van der Waals surface area (Å²) in [6.07, 6.45) is 4.15. The summed E-state index contributed by atoms with van der Waals surface area (Å²) >= 11 is 1.70. The van der Waals surface area contributed by atoms with Crippen LogP contribution in [-0.4, -0.2) is 19.3 Å². The van der Waals surface area contributed by atoms with Crippen molar-refractivity contribution in [2.75, 3.05) is 19.3 Å². The molecule has 2 rings (SSSR count). The van der Waals surface area contributed by atoms with Crippen LogP contribution in [0, 0.1) is 12.7 Å². The lowest BCUT2D eigenvalue weighted by atomic mass is 9.89. The van der Waals surface area contributed by atoms with Crippen LogP contribution in [0.4, 0.5) is 4.39 Å². The number of nitrogens with one attached hydrogen (secondary N) is 1. The molecule has 1 aliphatic rings. The summed E-state index contributed by atoms with van der Waals surface area (Å²) < 4.78 is 13.9. The maximum absolute atomic E-state index is 13.9. The first-order chi connectivity index (χ1) is 7.72. The predicted octanol–water partition coefficient (Wildman–Crippen LogP) is 3.32. The van der Waals surface area contributed by atoms with Gasteiger partial charge in [-0.15, -0.1) is 11.8 Å². The average molecular weight is 239 g/mol. The Bertz CT molecular complexity index is 372. The number of piperidine rings is 1. The number of aryl methyl sites for hydroxylation is 1. The van der Waals surface area contributed by atoms with Gasteiger partial charge in [-0.1, -0.05) is 0 Å². The highest BCUT2D eigenvalue weighted by Crippen LogP contribution is 2.32. The topological polar surface area (TPSA) is 12.0 Å². The molecule has 1 aromatic carbocycles. The molecule has 0 amide bonds. The van der Waals surface area contributed by atoms with Gasteiger partial charge in [0.15, 0.2) is 0 Å². The fraction of sp³-hybridized carbons (Fsp3) is 0.538. The van der Waals surface area contributed by atoms with Gasteiger partial charge >= 0.3 is 0 Å². The van der Waals surface area contributed by atoms with Gasteiger partial charge in [-0.3, -0.25) is 0 Å². The van der Waals surface area contributed by atoms with Crippen LogP contribution in [0.25, 0.3) is 0 Å². The van der Waals surface area contributed by atoms with Gasteiger partial charge in [0.1, 0.15) is 5.82 Å². The van der Waals surface area contributed by atoms with Crippen molar-refractivity contribution in [1.82, 2.24) is 5.32 Å². The van der Waals surface area contributed by atoms with Crippen molar-refractivity contribution in [3.05, 3.63) is 29.1 Å². The van der Waals surface area contributed by atoms with Crippen LogP contribution in [0.2, 0.25) is 0 Å². The summed E-state index contributed by atoms with van der Waals surface area (Å²) in [6.45, 7) is 3.99. The SMILES string of the molecule is CSc1cc(C2CCNCC2)c(F)cc1C. The second-order valence-electron chi connectivity index (χ2n) is 4.37. The second-order valence-corrected chi connectivity index (χ2v) is 5.22. The van der Waals surface area contributed by atoms with Crippen molar-refractivity contribution < 1.29 is 4.39 Å². The fourth-order valence-corrected chi connectivity index (χ4v) is 2.96. The smallest absolute Gasteiger partial charge is 0.127 e. The maximum Gasteiger partial charge on any atom is 0.127 e. The molecule has 1 heterocycles. The third-order valence-electron chi connectivity index (χ3n) is 3.29. The van der Waals surface area contributed by atoms with Crippen LogP contribution in [0.15, 0.2) is 17.0 Å². The molecule has 0 radical (unpaired) electrons. The van der Waals surface area contributed by atoms with E-state index in [-0.39, 0.29) is 5.82 Å². The minimum Gasteiger partial charge on any atom is -0.317 e. The largest absolute Gasteiger partial charge is 0.317 e. The predicted molar refractivity (Wildman–Crippen MR) is 67.8 cm³/mol. The molecule has 0 unspecified atom stereocenters. The number of hydrogen-bond donors (Lipinski definition) is 1. The lowest BCUT2D eigenvalue weighted by molar-refractivity contribution is 0.444. The van der Waals surface area contributed by atoms with Gasteiger partial charge in [0.2, 0.25) is 0 Å². The Morgan fingerprint density at radius 2 is 2.00 bits per heavy atom. The molecule has 1 aromatic rings. The zero-order chi connectivity index (χ0) is 11.5. The minimum atomic E-state index is -0.0257. The van der Waals surface area contributed by atoms with Crippen molar-refractivity contribution in [2.45, 2.75) is 30.6 Å². The molecule has 0 saturated carbocycles. The third-order valence-corrected chi connectivity index (χ3v) is 4.17. The van der Waals surface area contributed by atoms with E-state index in [1.165, 1.54) is 4.90 Å². The molecule has 88 valence electrons. The zero-order valence-electron chi connectivity index (χ0n) is 9.85. The first kappa shape index (κ1) is 11.9. The molecule has 1 aliphatic heterocycles. The van der Waals surface area contributed by atoms with Gasteiger partial charge in [0.25, 0.3) is 0 Å². The summed E-state index contributed by atoms with van der Waals surface area (Å²) in [4.78, 5) is 1.20. The Morgan fingerprint density at radius 1 is 1.31 bits per heavy atom. The van der Waals surface area contributed by atoms with E-state index in [2.05, 4.69) is 5.32 Å². The summed E-state index contributed by atoms with van der Waals surface area (Å²) in [7, 11) is 0. The highest BCUT2D eigenvalue weighted by molar-refractivity contribution is 7.98. The molecule has 16 heavy (non-hydrogen) atoms. The normalized spacial score (nSPS) is 17.7. The molecule has 1 fully saturated rings. The second kappa shape index (κ2) is 5.19. The molecule has 3 heteroatoms. The molecule has 1 nitrogen and oxygen atoms in total. The average Bonchev–Trinajstić information content (AvgIpc) is 2.30. The van der Waals surface area contributed by atoms with E-state index < -0.39 is 0 Å². The Balaban J connectivity index is 2.31. The van der Waals surface area contributed by atoms with Crippen LogP contribution < -0.4 is 5.32 Å². The fourth-order valence-electron chi connectivity index (χ4n) is 2.33. The van der Waals surface area contributed by atoms with Crippen LogP contribution >= 0.6 is 11.8 Å². The van der Waals surface area contributed by atoms with Gasteiger partial charge in [-0.2, -0.15) is 0 Å². The molecular weight excluding hydrogens is 221 g/mol. The molecule has 0 bridgehead atoms. The van der Waals surface area contributed by atoms with E-state index in [9.17, 15) is 4.39 Å². The van der Waals surface area contributed by atoms with Crippen LogP contribution in [0.5, 0.6) is 0 Å². The summed E-state index contributed by atoms with van der Waals surface area (Å²) in [5, 5.41) is 3.32. The third kappa shape index (κ3) is 2.41. The lowest BCUT2D eigenvalue weighted by Crippen LogP contribution is -2.27. The molecule has 0 atom stereocenters. The Morgan fingerprint density at radius 3 is 2.62 bits per heavy atom. The molecule has 1 N–H and O–H groups in total. The number of rotatable bonds is 2. The molecular formula is C13H18FNS. The van der Waals surface area contributed by atoms with Gasteiger partial charge < -0.3 is 5.32 Å². The summed E-state index contributed by atoms with van der Waals surface area (Å²) in [5.74, 6) is 0.370. The number of halogens is 1. The van der Waals surface area contributed by atoms with Crippen LogP contribution in [0.3, 0.4) is 0 Å². The van der Waals surface area contributed by atoms with E-state index >= 15 is 0 Å². The molecule has 0 spiro atoms. The Kier molecular flexibility index (Phi) is 3.87. The van der Waals surface area contributed by atoms with Gasteiger partial charge in [0, 0.05) is 4.90 Å². The van der Waals surface area contributed by atoms with Gasteiger partial charge in [-0.05, 0) is 68.3 Å². The number of thioether (sulfide) groups is 1. The van der Waals surface area contributed by atoms with E-state index in [4.69, 9.17) is 0 Å². The quantitative estimate of drug-likeness (QED) is 0.795. The molecule has 0 aromatic heterocycles. The molecule has 0 aliphatic carbocycles. The van der Waals surface area contributed by atoms with Crippen LogP contribution in [-0.2, 0) is 0 Å². The number of hydrogen-bond acceptors (Lipinski definition) is 2. The first-order valence-corrected chi connectivity index (χ1v) is 6.99. The van der Waals surface area contributed by atoms with Gasteiger partial charge in [0.05, 0.1) is 0 Å². The van der Waals surface area contributed by atoms with E-state index in [1.807, 2.05) is 19.2 Å². The lowest BCUT2D eigenvalue weighted by Gasteiger charge is -2.24. The van der Waals surface area contributed by atoms with Crippen molar-refractivity contribution >= 4 is 11.8 Å². The van der Waals surface area contributed by atoms with Crippen molar-refractivity contribution in [3.63, 3.8) is 0 Å². The first-order valence-electron chi connectivity index (χ1n) is 5.77. The van der Waals surface area contributed by atoms with E-state index in [1.54, 1.807) is 17.8 Å². The maximum atomic E-state index is 13.9. The Labute approximate surface area is 101 Å². The highest BCUT2D eigenvalue weighted by Gasteiger charge is 2.19. The minimum absolute atomic E-state index is 0.0257. The van der Waals surface area contributed by atoms with Crippen LogP contribution in [0.1, 0.15) is 29.9 Å². The highest BCUT2D eigenvalue weighted by atomic mass is 32.2. The summed E-state index contributed by atoms with van der Waals surface area (Å²) in [6, 6.07) is 3.73. The molecule has 1 saturated heterocycles. The van der Waals surface area contributed by atoms with Crippen molar-refractivity contribution in [1.29, 1.82) is 0 Å². The van der Waals surface area contributed by atoms with Gasteiger partial charge in [-0.25, -0.2) is 4.39 Å². The van der Waals surface area contributed by atoms with Crippen molar-refractivity contribution in [3.8, 4) is 0 Å². The monoisotopic (exact) mass is 239 g/mol. The van der Waals surface area contributed by atoms with Crippen molar-refractivity contribution in [2.24, 2.45) is 0 Å². The number of benzene rings is 1. The van der Waals surface area contributed by atoms with E-state index in [0.717, 1.165) is 37.1 Å². The summed E-state index contributed by atoms with van der Waals surface area (Å²) in [5.41, 5.74) is 1.96. The zero-order valence-corrected chi connectivity index (χ0v) is 10.7. The standard InChI is InChI=1S/C13H18FNS/c1-9-7-12(14)11(8-13(9)16-2)10-3-5-15-6-4-10/h7-8,10,15H,3-6H2,1-2H3. The van der Waals surface area contributed by atoms with E-state index in [0.29, 0.717) is 5.92 Å². The Hall–Kier alpha value is -0.540.